The van der Waals surface area contributed by atoms with Crippen LogP contribution in [0, 0.1) is 56.2 Å². The van der Waals surface area contributed by atoms with Gasteiger partial charge in [-0.15, -0.1) is 0 Å². The SMILES string of the molecule is CC1(C)CC[C@]2(NC(=O)C(F)(F)F)CC[C@]3(C)C(C(=O)C=C4[C@@]5(C)C=C(C#N)C(=O)C(C)(C)[C@@H]5CC[C@]43C)[C@H]2C1. The van der Waals surface area contributed by atoms with Gasteiger partial charge < -0.3 is 5.32 Å². The fraction of sp³-hybridized carbons (Fsp3) is 0.750. The maximum atomic E-state index is 14.4. The summed E-state index contributed by atoms with van der Waals surface area (Å²) in [6.07, 6.45) is 2.50. The summed E-state index contributed by atoms with van der Waals surface area (Å²) in [7, 11) is 0. The first kappa shape index (κ1) is 29.1. The van der Waals surface area contributed by atoms with Crippen LogP contribution < -0.4 is 5.32 Å². The first-order valence-corrected chi connectivity index (χ1v) is 14.5. The van der Waals surface area contributed by atoms with Crippen LogP contribution >= 0.6 is 0 Å². The zero-order chi connectivity index (χ0) is 29.9. The number of allylic oxidation sites excluding steroid dienone is 4. The molecule has 5 aliphatic rings. The van der Waals surface area contributed by atoms with Gasteiger partial charge in [0.25, 0.3) is 0 Å². The maximum absolute atomic E-state index is 14.4. The lowest BCUT2D eigenvalue weighted by molar-refractivity contribution is -0.185. The Bertz CT molecular complexity index is 1300. The molecule has 0 bridgehead atoms. The molecule has 5 nitrogen and oxygen atoms in total. The van der Waals surface area contributed by atoms with Gasteiger partial charge in [0.1, 0.15) is 6.07 Å². The van der Waals surface area contributed by atoms with Gasteiger partial charge in [-0.05, 0) is 79.1 Å². The molecule has 7 atom stereocenters. The van der Waals surface area contributed by atoms with Gasteiger partial charge in [-0.2, -0.15) is 18.4 Å². The Morgan fingerprint density at radius 3 is 2.23 bits per heavy atom. The maximum Gasteiger partial charge on any atom is 0.471 e. The van der Waals surface area contributed by atoms with E-state index in [4.69, 9.17) is 0 Å². The lowest BCUT2D eigenvalue weighted by atomic mass is 9.35. The Labute approximate surface area is 235 Å². The summed E-state index contributed by atoms with van der Waals surface area (Å²) in [6, 6.07) is 2.10. The van der Waals surface area contributed by atoms with Crippen LogP contribution in [-0.4, -0.2) is 29.2 Å². The van der Waals surface area contributed by atoms with Gasteiger partial charge in [0.05, 0.1) is 5.57 Å². The quantitative estimate of drug-likeness (QED) is 0.391. The third-order valence-electron chi connectivity index (χ3n) is 12.5. The molecule has 1 unspecified atom stereocenters. The van der Waals surface area contributed by atoms with Gasteiger partial charge in [-0.3, -0.25) is 14.4 Å². The van der Waals surface area contributed by atoms with E-state index < -0.39 is 51.1 Å². The topological polar surface area (TPSA) is 87.0 Å². The van der Waals surface area contributed by atoms with E-state index in [0.717, 1.165) is 18.4 Å². The first-order valence-electron chi connectivity index (χ1n) is 14.5. The molecule has 218 valence electrons. The summed E-state index contributed by atoms with van der Waals surface area (Å²) in [6.45, 7) is 14.3. The van der Waals surface area contributed by atoms with Crippen LogP contribution in [0.25, 0.3) is 0 Å². The summed E-state index contributed by atoms with van der Waals surface area (Å²) >= 11 is 0. The normalized spacial score (nSPS) is 43.6. The average Bonchev–Trinajstić information content (AvgIpc) is 2.83. The molecule has 1 N–H and O–H groups in total. The van der Waals surface area contributed by atoms with Crippen LogP contribution in [0.2, 0.25) is 0 Å². The smallest absolute Gasteiger partial charge is 0.343 e. The number of nitrogens with zero attached hydrogens (tertiary/aromatic N) is 1. The Morgan fingerprint density at radius 1 is 1.00 bits per heavy atom. The van der Waals surface area contributed by atoms with Crippen molar-refractivity contribution in [3.63, 3.8) is 0 Å². The summed E-state index contributed by atoms with van der Waals surface area (Å²) in [5, 5.41) is 12.3. The molecule has 0 aromatic rings. The van der Waals surface area contributed by atoms with Gasteiger partial charge in [-0.25, -0.2) is 0 Å². The molecule has 0 aromatic heterocycles. The lowest BCUT2D eigenvalue weighted by Gasteiger charge is -2.69. The van der Waals surface area contributed by atoms with Crippen LogP contribution in [0.4, 0.5) is 13.2 Å². The highest BCUT2D eigenvalue weighted by Gasteiger charge is 2.70. The number of carbonyl (C=O) groups is 3. The first-order chi connectivity index (χ1) is 18.2. The van der Waals surface area contributed by atoms with Crippen molar-refractivity contribution in [1.82, 2.24) is 5.32 Å². The monoisotopic (exact) mass is 558 g/mol. The number of halogens is 3. The van der Waals surface area contributed by atoms with Crippen molar-refractivity contribution in [2.24, 2.45) is 44.8 Å². The molecule has 8 heteroatoms. The largest absolute Gasteiger partial charge is 0.471 e. The van der Waals surface area contributed by atoms with Crippen LogP contribution in [0.3, 0.4) is 0 Å². The molecule has 1 amide bonds. The minimum absolute atomic E-state index is 0.0840. The van der Waals surface area contributed by atoms with E-state index in [0.29, 0.717) is 32.1 Å². The number of carbonyl (C=O) groups excluding carboxylic acids is 3. The van der Waals surface area contributed by atoms with Crippen LogP contribution in [0.15, 0.2) is 23.3 Å². The second-order valence-electron chi connectivity index (χ2n) is 15.4. The van der Waals surface area contributed by atoms with Gasteiger partial charge in [-0.1, -0.05) is 60.1 Å². The van der Waals surface area contributed by atoms with E-state index in [1.54, 1.807) is 12.2 Å². The Hall–Kier alpha value is -2.43. The number of nitrogens with one attached hydrogen (secondary N) is 1. The van der Waals surface area contributed by atoms with E-state index in [1.165, 1.54) is 0 Å². The highest BCUT2D eigenvalue weighted by atomic mass is 19.4. The van der Waals surface area contributed by atoms with E-state index in [2.05, 4.69) is 39.1 Å². The molecule has 0 radical (unpaired) electrons. The molecule has 5 rings (SSSR count). The molecule has 0 saturated heterocycles. The van der Waals surface area contributed by atoms with E-state index in [1.807, 2.05) is 20.8 Å². The van der Waals surface area contributed by atoms with Crippen LogP contribution in [-0.2, 0) is 14.4 Å². The predicted octanol–water partition coefficient (Wildman–Crippen LogP) is 6.64. The fourth-order valence-corrected chi connectivity index (χ4v) is 10.1. The molecule has 40 heavy (non-hydrogen) atoms. The van der Waals surface area contributed by atoms with Crippen molar-refractivity contribution < 1.29 is 27.6 Å². The fourth-order valence-electron chi connectivity index (χ4n) is 10.1. The van der Waals surface area contributed by atoms with E-state index in [9.17, 15) is 32.8 Å². The lowest BCUT2D eigenvalue weighted by Crippen LogP contribution is -2.70. The van der Waals surface area contributed by atoms with Gasteiger partial charge in [0, 0.05) is 22.3 Å². The van der Waals surface area contributed by atoms with Crippen molar-refractivity contribution in [3.05, 3.63) is 23.3 Å². The Kier molecular flexibility index (Phi) is 6.05. The Balaban J connectivity index is 1.67. The average molecular weight is 559 g/mol. The summed E-state index contributed by atoms with van der Waals surface area (Å²) in [5.41, 5.74) is -2.67. The predicted molar refractivity (Wildman–Crippen MR) is 143 cm³/mol. The minimum atomic E-state index is -4.99. The third-order valence-corrected chi connectivity index (χ3v) is 12.5. The number of alkyl halides is 3. The van der Waals surface area contributed by atoms with Gasteiger partial charge in [0.2, 0.25) is 0 Å². The molecule has 0 spiro atoms. The van der Waals surface area contributed by atoms with Crippen molar-refractivity contribution in [1.29, 1.82) is 5.26 Å². The third kappa shape index (κ3) is 3.67. The van der Waals surface area contributed by atoms with Crippen LogP contribution in [0.1, 0.15) is 93.4 Å². The van der Waals surface area contributed by atoms with Crippen LogP contribution in [0.5, 0.6) is 0 Å². The second-order valence-corrected chi connectivity index (χ2v) is 15.4. The molecule has 3 saturated carbocycles. The zero-order valence-corrected chi connectivity index (χ0v) is 24.6. The van der Waals surface area contributed by atoms with E-state index in [-0.39, 0.29) is 28.5 Å². The summed E-state index contributed by atoms with van der Waals surface area (Å²) < 4.78 is 40.5. The number of Topliss-reactive ketones (excluding diaryl/α,β-unsaturated/α-hetero) is 1. The number of rotatable bonds is 1. The molecule has 5 aliphatic carbocycles. The van der Waals surface area contributed by atoms with Gasteiger partial charge in [0.15, 0.2) is 11.6 Å². The summed E-state index contributed by atoms with van der Waals surface area (Å²) in [4.78, 5) is 39.9. The highest BCUT2D eigenvalue weighted by Crippen LogP contribution is 2.73. The molecule has 3 fully saturated rings. The van der Waals surface area contributed by atoms with Crippen molar-refractivity contribution >= 4 is 17.5 Å². The number of fused-ring (bicyclic) bond motifs is 7. The number of hydrogen-bond acceptors (Lipinski definition) is 4. The molecule has 0 heterocycles. The number of ketones is 2. The standard InChI is InChI=1S/C32H41F3N2O3/c1-26(2)10-12-31(37-25(40)32(33,34)35)13-11-30(7)23(19(31)16-26)20(38)14-22-28(5)15-18(17-36)24(39)27(3,4)21(28)8-9-29(22,30)6/h14-15,19,21,23H,8-13,16H2,1-7H3,(H,37,40)/t19-,21+,23?,28+,29-,30-,31+/m1/s1. The highest BCUT2D eigenvalue weighted by molar-refractivity contribution is 6.04. The van der Waals surface area contributed by atoms with Crippen molar-refractivity contribution in [2.75, 3.05) is 0 Å². The zero-order valence-electron chi connectivity index (χ0n) is 24.6. The van der Waals surface area contributed by atoms with Gasteiger partial charge >= 0.3 is 12.1 Å². The molecular weight excluding hydrogens is 517 g/mol. The summed E-state index contributed by atoms with van der Waals surface area (Å²) in [5.74, 6) is -3.25. The van der Waals surface area contributed by atoms with Crippen molar-refractivity contribution in [2.45, 2.75) is 105 Å². The van der Waals surface area contributed by atoms with E-state index >= 15 is 0 Å². The minimum Gasteiger partial charge on any atom is -0.343 e. The number of amides is 1. The van der Waals surface area contributed by atoms with Crippen molar-refractivity contribution in [3.8, 4) is 6.07 Å². The second kappa shape index (κ2) is 8.32. The number of nitriles is 1. The molecular formula is C32H41F3N2O3. The molecule has 0 aromatic carbocycles. The Morgan fingerprint density at radius 2 is 1.62 bits per heavy atom. The number of hydrogen-bond donors (Lipinski definition) is 1. The molecule has 0 aliphatic heterocycles.